The predicted molar refractivity (Wildman–Crippen MR) is 90.9 cm³/mol. The Kier molecular flexibility index (Phi) is 4.10. The maximum absolute atomic E-state index is 5.50. The Bertz CT molecular complexity index is 751. The number of aryl methyl sites for hydroxylation is 2. The van der Waals surface area contributed by atoms with Crippen molar-refractivity contribution in [3.63, 3.8) is 0 Å². The molecule has 0 saturated carbocycles. The Morgan fingerprint density at radius 3 is 1.86 bits per heavy atom. The van der Waals surface area contributed by atoms with Gasteiger partial charge in [0.1, 0.15) is 0 Å². The molecule has 0 aliphatic rings. The molecule has 0 fully saturated rings. The third-order valence-electron chi connectivity index (χ3n) is 4.18. The Morgan fingerprint density at radius 1 is 0.773 bits per heavy atom. The summed E-state index contributed by atoms with van der Waals surface area (Å²) in [5.41, 5.74) is 7.10. The largest absolute Gasteiger partial charge is 0.356 e. The fourth-order valence-electron chi connectivity index (χ4n) is 2.78. The molecule has 0 unspecified atom stereocenters. The van der Waals surface area contributed by atoms with Crippen molar-refractivity contribution in [2.75, 3.05) is 0 Å². The molecule has 0 atom stereocenters. The second kappa shape index (κ2) is 6.18. The third-order valence-corrected chi connectivity index (χ3v) is 4.18. The monoisotopic (exact) mass is 291 g/mol. The van der Waals surface area contributed by atoms with Crippen LogP contribution in [0.5, 0.6) is 0 Å². The average molecular weight is 291 g/mol. The highest BCUT2D eigenvalue weighted by Crippen LogP contribution is 2.29. The van der Waals surface area contributed by atoms with Crippen LogP contribution in [-0.4, -0.2) is 5.16 Å². The van der Waals surface area contributed by atoms with E-state index < -0.39 is 0 Å². The van der Waals surface area contributed by atoms with E-state index in [0.29, 0.717) is 0 Å². The topological polar surface area (TPSA) is 26.0 Å². The molecule has 0 radical (unpaired) electrons. The standard InChI is InChI=1S/C20H21NO/c1-4-15-6-8-16(9-7-15)17-10-12-18(13-11-17)20-19(5-2)14(3)21-22-20/h6-13H,4-5H2,1-3H3. The van der Waals surface area contributed by atoms with Crippen LogP contribution in [0.15, 0.2) is 53.1 Å². The van der Waals surface area contributed by atoms with Crippen LogP contribution >= 0.6 is 0 Å². The number of hydrogen-bond acceptors (Lipinski definition) is 2. The minimum absolute atomic E-state index is 0.896. The molecule has 2 heteroatoms. The fraction of sp³-hybridized carbons (Fsp3) is 0.250. The van der Waals surface area contributed by atoms with Gasteiger partial charge in [-0.1, -0.05) is 67.5 Å². The first kappa shape index (κ1) is 14.6. The van der Waals surface area contributed by atoms with Crippen molar-refractivity contribution in [1.29, 1.82) is 0 Å². The van der Waals surface area contributed by atoms with Gasteiger partial charge in [-0.15, -0.1) is 0 Å². The van der Waals surface area contributed by atoms with Crippen LogP contribution in [0.3, 0.4) is 0 Å². The van der Waals surface area contributed by atoms with Gasteiger partial charge >= 0.3 is 0 Å². The van der Waals surface area contributed by atoms with Gasteiger partial charge in [-0.3, -0.25) is 0 Å². The predicted octanol–water partition coefficient (Wildman–Crippen LogP) is 5.44. The molecular weight excluding hydrogens is 270 g/mol. The van der Waals surface area contributed by atoms with Gasteiger partial charge in [0.25, 0.3) is 0 Å². The molecule has 3 aromatic rings. The first-order chi connectivity index (χ1) is 10.7. The zero-order chi connectivity index (χ0) is 15.5. The first-order valence-corrected chi connectivity index (χ1v) is 7.87. The summed E-state index contributed by atoms with van der Waals surface area (Å²) in [6.45, 7) is 6.30. The molecule has 2 aromatic carbocycles. The molecule has 3 rings (SSSR count). The fourth-order valence-corrected chi connectivity index (χ4v) is 2.78. The molecule has 0 aliphatic carbocycles. The highest BCUT2D eigenvalue weighted by molar-refractivity contribution is 5.69. The van der Waals surface area contributed by atoms with Crippen LogP contribution in [0.25, 0.3) is 22.5 Å². The van der Waals surface area contributed by atoms with E-state index in [1.807, 2.05) is 6.92 Å². The lowest BCUT2D eigenvalue weighted by Crippen LogP contribution is -1.86. The van der Waals surface area contributed by atoms with Crippen LogP contribution in [-0.2, 0) is 12.8 Å². The minimum Gasteiger partial charge on any atom is -0.356 e. The first-order valence-electron chi connectivity index (χ1n) is 7.87. The van der Waals surface area contributed by atoms with Gasteiger partial charge in [-0.05, 0) is 36.5 Å². The van der Waals surface area contributed by atoms with Gasteiger partial charge in [0, 0.05) is 11.1 Å². The number of nitrogens with zero attached hydrogens (tertiary/aromatic N) is 1. The zero-order valence-electron chi connectivity index (χ0n) is 13.4. The molecule has 0 amide bonds. The van der Waals surface area contributed by atoms with E-state index in [1.54, 1.807) is 0 Å². The van der Waals surface area contributed by atoms with Gasteiger partial charge in [0.15, 0.2) is 5.76 Å². The van der Waals surface area contributed by atoms with Crippen LogP contribution in [0.4, 0.5) is 0 Å². The molecule has 0 saturated heterocycles. The minimum atomic E-state index is 0.896. The second-order valence-corrected chi connectivity index (χ2v) is 5.56. The summed E-state index contributed by atoms with van der Waals surface area (Å²) < 4.78 is 5.50. The molecule has 0 aliphatic heterocycles. The highest BCUT2D eigenvalue weighted by atomic mass is 16.5. The van der Waals surface area contributed by atoms with Crippen LogP contribution < -0.4 is 0 Å². The van der Waals surface area contributed by atoms with E-state index in [-0.39, 0.29) is 0 Å². The normalized spacial score (nSPS) is 10.9. The lowest BCUT2D eigenvalue weighted by molar-refractivity contribution is 0.426. The lowest BCUT2D eigenvalue weighted by atomic mass is 9.99. The number of hydrogen-bond donors (Lipinski definition) is 0. The number of benzene rings is 2. The van der Waals surface area contributed by atoms with E-state index in [1.165, 1.54) is 22.3 Å². The highest BCUT2D eigenvalue weighted by Gasteiger charge is 2.13. The summed E-state index contributed by atoms with van der Waals surface area (Å²) in [6.07, 6.45) is 2.01. The van der Waals surface area contributed by atoms with Gasteiger partial charge in [0.2, 0.25) is 0 Å². The Morgan fingerprint density at radius 2 is 1.32 bits per heavy atom. The summed E-state index contributed by atoms with van der Waals surface area (Å²) in [4.78, 5) is 0. The van der Waals surface area contributed by atoms with Crippen LogP contribution in [0.1, 0.15) is 30.7 Å². The summed E-state index contributed by atoms with van der Waals surface area (Å²) in [5.74, 6) is 0.896. The van der Waals surface area contributed by atoms with E-state index >= 15 is 0 Å². The van der Waals surface area contributed by atoms with E-state index in [4.69, 9.17) is 4.52 Å². The summed E-state index contributed by atoms with van der Waals surface area (Å²) in [6, 6.07) is 17.3. The number of aromatic nitrogens is 1. The van der Waals surface area contributed by atoms with Gasteiger partial charge in [0.05, 0.1) is 5.69 Å². The van der Waals surface area contributed by atoms with E-state index in [2.05, 4.69) is 67.5 Å². The average Bonchev–Trinajstić information content (AvgIpc) is 2.96. The SMILES string of the molecule is CCc1ccc(-c2ccc(-c3onc(C)c3CC)cc2)cc1. The molecule has 1 aromatic heterocycles. The smallest absolute Gasteiger partial charge is 0.170 e. The van der Waals surface area contributed by atoms with E-state index in [0.717, 1.165) is 29.9 Å². The molecule has 0 N–H and O–H groups in total. The zero-order valence-corrected chi connectivity index (χ0v) is 13.4. The molecule has 112 valence electrons. The summed E-state index contributed by atoms with van der Waals surface area (Å²) in [5, 5.41) is 4.09. The van der Waals surface area contributed by atoms with Crippen molar-refractivity contribution in [3.05, 3.63) is 65.4 Å². The summed E-state index contributed by atoms with van der Waals surface area (Å²) >= 11 is 0. The third kappa shape index (κ3) is 2.69. The van der Waals surface area contributed by atoms with Crippen molar-refractivity contribution >= 4 is 0 Å². The maximum Gasteiger partial charge on any atom is 0.170 e. The van der Waals surface area contributed by atoms with Crippen molar-refractivity contribution in [3.8, 4) is 22.5 Å². The lowest BCUT2D eigenvalue weighted by Gasteiger charge is -2.05. The van der Waals surface area contributed by atoms with Crippen molar-refractivity contribution in [1.82, 2.24) is 5.16 Å². The molecule has 2 nitrogen and oxygen atoms in total. The molecule has 0 bridgehead atoms. The Labute approximate surface area is 131 Å². The van der Waals surface area contributed by atoms with Crippen molar-refractivity contribution in [2.24, 2.45) is 0 Å². The molecule has 0 spiro atoms. The Hall–Kier alpha value is -2.35. The molecule has 22 heavy (non-hydrogen) atoms. The van der Waals surface area contributed by atoms with E-state index in [9.17, 15) is 0 Å². The second-order valence-electron chi connectivity index (χ2n) is 5.56. The summed E-state index contributed by atoms with van der Waals surface area (Å²) in [7, 11) is 0. The Balaban J connectivity index is 1.91. The van der Waals surface area contributed by atoms with Crippen LogP contribution in [0.2, 0.25) is 0 Å². The van der Waals surface area contributed by atoms with Gasteiger partial charge in [-0.25, -0.2) is 0 Å². The van der Waals surface area contributed by atoms with Crippen molar-refractivity contribution < 1.29 is 4.52 Å². The van der Waals surface area contributed by atoms with Crippen molar-refractivity contribution in [2.45, 2.75) is 33.6 Å². The molecular formula is C20H21NO. The molecule has 1 heterocycles. The van der Waals surface area contributed by atoms with Gasteiger partial charge < -0.3 is 4.52 Å². The van der Waals surface area contributed by atoms with Gasteiger partial charge in [-0.2, -0.15) is 0 Å². The quantitative estimate of drug-likeness (QED) is 0.639. The van der Waals surface area contributed by atoms with Crippen LogP contribution in [0, 0.1) is 6.92 Å². The number of rotatable bonds is 4. The maximum atomic E-state index is 5.50.